The van der Waals surface area contributed by atoms with E-state index in [1.807, 2.05) is 0 Å². The van der Waals surface area contributed by atoms with Crippen LogP contribution in [-0.2, 0) is 18.9 Å². The number of nitrogens with one attached hydrogen (secondary N) is 1. The van der Waals surface area contributed by atoms with Crippen LogP contribution in [0.1, 0.15) is 21.5 Å². The molecule has 0 bridgehead atoms. The molecule has 1 amide bonds. The Balaban J connectivity index is 2.19. The van der Waals surface area contributed by atoms with Gasteiger partial charge in [0, 0.05) is 24.5 Å². The third-order valence-electron chi connectivity index (χ3n) is 3.04. The van der Waals surface area contributed by atoms with Crippen molar-refractivity contribution in [1.82, 2.24) is 15.1 Å². The summed E-state index contributed by atoms with van der Waals surface area (Å²) in [6.45, 7) is 0.224. The van der Waals surface area contributed by atoms with Crippen LogP contribution in [0.2, 0.25) is 0 Å². The summed E-state index contributed by atoms with van der Waals surface area (Å²) in [6, 6.07) is 2.38. The van der Waals surface area contributed by atoms with Gasteiger partial charge >= 0.3 is 12.4 Å². The molecule has 0 spiro atoms. The largest absolute Gasteiger partial charge is 0.416 e. The smallest absolute Gasteiger partial charge is 0.350 e. The number of amides is 1. The van der Waals surface area contributed by atoms with Crippen molar-refractivity contribution in [2.45, 2.75) is 18.9 Å². The minimum absolute atomic E-state index is 0.00188. The number of aromatic nitrogens is 2. The number of rotatable bonds is 4. The Kier molecular flexibility index (Phi) is 4.86. The molecule has 2 rings (SSSR count). The monoisotopic (exact) mass is 351 g/mol. The molecule has 0 aliphatic rings. The van der Waals surface area contributed by atoms with Crippen LogP contribution in [0.15, 0.2) is 36.7 Å². The highest BCUT2D eigenvalue weighted by Gasteiger charge is 2.37. The maximum absolute atomic E-state index is 12.7. The Labute approximate surface area is 132 Å². The van der Waals surface area contributed by atoms with Crippen LogP contribution in [-0.4, -0.2) is 22.2 Å². The van der Waals surface area contributed by atoms with Gasteiger partial charge in [0.15, 0.2) is 0 Å². The second kappa shape index (κ2) is 6.54. The molecule has 0 saturated carbocycles. The summed E-state index contributed by atoms with van der Waals surface area (Å²) in [4.78, 5) is 11.9. The Morgan fingerprint density at radius 1 is 1.04 bits per heavy atom. The van der Waals surface area contributed by atoms with Gasteiger partial charge in [-0.2, -0.15) is 31.4 Å². The van der Waals surface area contributed by atoms with Crippen molar-refractivity contribution >= 4 is 5.91 Å². The van der Waals surface area contributed by atoms with E-state index in [2.05, 4.69) is 10.4 Å². The molecule has 24 heavy (non-hydrogen) atoms. The highest BCUT2D eigenvalue weighted by Crippen LogP contribution is 2.36. The van der Waals surface area contributed by atoms with Crippen molar-refractivity contribution in [1.29, 1.82) is 0 Å². The molecule has 0 aliphatic carbocycles. The van der Waals surface area contributed by atoms with E-state index in [1.54, 1.807) is 12.3 Å². The SMILES string of the molecule is O=C(NCCn1cccn1)c1cc(C(F)(F)F)cc(C(F)(F)F)c1. The summed E-state index contributed by atoms with van der Waals surface area (Å²) in [7, 11) is 0. The molecule has 1 aromatic carbocycles. The van der Waals surface area contributed by atoms with Gasteiger partial charge in [-0.05, 0) is 24.3 Å². The number of hydrogen-bond donors (Lipinski definition) is 1. The lowest BCUT2D eigenvalue weighted by molar-refractivity contribution is -0.143. The van der Waals surface area contributed by atoms with Crippen molar-refractivity contribution in [2.24, 2.45) is 0 Å². The van der Waals surface area contributed by atoms with Crippen molar-refractivity contribution in [3.63, 3.8) is 0 Å². The molecule has 1 heterocycles. The quantitative estimate of drug-likeness (QED) is 0.859. The summed E-state index contributed by atoms with van der Waals surface area (Å²) in [6.07, 6.45) is -6.90. The van der Waals surface area contributed by atoms with Gasteiger partial charge in [-0.3, -0.25) is 9.48 Å². The highest BCUT2D eigenvalue weighted by atomic mass is 19.4. The van der Waals surface area contributed by atoms with Crippen molar-refractivity contribution < 1.29 is 31.1 Å². The van der Waals surface area contributed by atoms with Crippen LogP contribution in [0.5, 0.6) is 0 Å². The molecule has 0 aliphatic heterocycles. The predicted octanol–water partition coefficient (Wildman–Crippen LogP) is 3.35. The fourth-order valence-corrected chi connectivity index (χ4v) is 1.90. The normalized spacial score (nSPS) is 12.2. The van der Waals surface area contributed by atoms with E-state index in [1.165, 1.54) is 10.9 Å². The molecule has 0 saturated heterocycles. The molecule has 1 aromatic heterocycles. The van der Waals surface area contributed by atoms with Crippen LogP contribution in [0, 0.1) is 0 Å². The molecule has 1 N–H and O–H groups in total. The number of halogens is 6. The van der Waals surface area contributed by atoms with E-state index >= 15 is 0 Å². The number of hydrogen-bond acceptors (Lipinski definition) is 2. The second-order valence-electron chi connectivity index (χ2n) is 4.82. The summed E-state index contributed by atoms with van der Waals surface area (Å²) in [5, 5.41) is 6.11. The van der Waals surface area contributed by atoms with Gasteiger partial charge in [-0.1, -0.05) is 0 Å². The Morgan fingerprint density at radius 2 is 1.62 bits per heavy atom. The van der Waals surface area contributed by atoms with E-state index in [9.17, 15) is 31.1 Å². The first-order chi connectivity index (χ1) is 11.1. The lowest BCUT2D eigenvalue weighted by atomic mass is 10.0. The first-order valence-corrected chi connectivity index (χ1v) is 6.62. The highest BCUT2D eigenvalue weighted by molar-refractivity contribution is 5.94. The third-order valence-corrected chi connectivity index (χ3v) is 3.04. The molecular weight excluding hydrogens is 340 g/mol. The predicted molar refractivity (Wildman–Crippen MR) is 71.0 cm³/mol. The average molecular weight is 351 g/mol. The standard InChI is InChI=1S/C14H11F6N3O/c15-13(16,17)10-6-9(7-11(8-10)14(18,19)20)12(24)21-3-5-23-4-1-2-22-23/h1-2,4,6-8H,3,5H2,(H,21,24). The van der Waals surface area contributed by atoms with Gasteiger partial charge < -0.3 is 5.32 Å². The lowest BCUT2D eigenvalue weighted by Gasteiger charge is -2.14. The molecule has 0 fully saturated rings. The molecule has 130 valence electrons. The van der Waals surface area contributed by atoms with Crippen molar-refractivity contribution in [3.8, 4) is 0 Å². The Bertz CT molecular complexity index is 674. The van der Waals surface area contributed by atoms with E-state index in [0.717, 1.165) is 0 Å². The molecule has 0 unspecified atom stereocenters. The summed E-state index contributed by atoms with van der Waals surface area (Å²) in [5.41, 5.74) is -3.78. The first kappa shape index (κ1) is 17.8. The number of benzene rings is 1. The van der Waals surface area contributed by atoms with E-state index in [-0.39, 0.29) is 19.2 Å². The first-order valence-electron chi connectivity index (χ1n) is 6.62. The van der Waals surface area contributed by atoms with Crippen molar-refractivity contribution in [3.05, 3.63) is 53.3 Å². The van der Waals surface area contributed by atoms with Gasteiger partial charge in [0.1, 0.15) is 0 Å². The molecular formula is C14H11F6N3O. The van der Waals surface area contributed by atoms with Gasteiger partial charge in [-0.25, -0.2) is 0 Å². The zero-order valence-corrected chi connectivity index (χ0v) is 11.9. The Hall–Kier alpha value is -2.52. The molecule has 0 radical (unpaired) electrons. The number of nitrogens with zero attached hydrogens (tertiary/aromatic N) is 2. The molecule has 10 heteroatoms. The van der Waals surface area contributed by atoms with Crippen LogP contribution in [0.3, 0.4) is 0 Å². The summed E-state index contributed by atoms with van der Waals surface area (Å²) < 4.78 is 77.8. The second-order valence-corrected chi connectivity index (χ2v) is 4.82. The number of carbonyl (C=O) groups is 1. The van der Waals surface area contributed by atoms with Crippen LogP contribution in [0.25, 0.3) is 0 Å². The summed E-state index contributed by atoms with van der Waals surface area (Å²) in [5.74, 6) is -1.03. The third kappa shape index (κ3) is 4.49. The van der Waals surface area contributed by atoms with E-state index in [0.29, 0.717) is 12.1 Å². The minimum Gasteiger partial charge on any atom is -0.350 e. The maximum Gasteiger partial charge on any atom is 0.416 e. The van der Waals surface area contributed by atoms with Gasteiger partial charge in [0.2, 0.25) is 0 Å². The lowest BCUT2D eigenvalue weighted by Crippen LogP contribution is -2.28. The van der Waals surface area contributed by atoms with Gasteiger partial charge in [-0.15, -0.1) is 0 Å². The van der Waals surface area contributed by atoms with Crippen LogP contribution >= 0.6 is 0 Å². The fourth-order valence-electron chi connectivity index (χ4n) is 1.90. The number of carbonyl (C=O) groups excluding carboxylic acids is 1. The molecule has 4 nitrogen and oxygen atoms in total. The Morgan fingerprint density at radius 3 is 2.08 bits per heavy atom. The van der Waals surface area contributed by atoms with Crippen molar-refractivity contribution in [2.75, 3.05) is 6.54 Å². The van der Waals surface area contributed by atoms with E-state index in [4.69, 9.17) is 0 Å². The molecule has 2 aromatic rings. The summed E-state index contributed by atoms with van der Waals surface area (Å²) >= 11 is 0. The maximum atomic E-state index is 12.7. The number of alkyl halides is 6. The van der Waals surface area contributed by atoms with Gasteiger partial charge in [0.05, 0.1) is 17.7 Å². The minimum atomic E-state index is -4.99. The zero-order chi connectivity index (χ0) is 18.0. The van der Waals surface area contributed by atoms with Crippen LogP contribution in [0.4, 0.5) is 26.3 Å². The topological polar surface area (TPSA) is 46.9 Å². The van der Waals surface area contributed by atoms with E-state index < -0.39 is 35.0 Å². The average Bonchev–Trinajstić information content (AvgIpc) is 2.98. The van der Waals surface area contributed by atoms with Gasteiger partial charge in [0.25, 0.3) is 5.91 Å². The zero-order valence-electron chi connectivity index (χ0n) is 11.9. The molecule has 0 atom stereocenters. The van der Waals surface area contributed by atoms with Crippen LogP contribution < -0.4 is 5.32 Å². The fraction of sp³-hybridized carbons (Fsp3) is 0.286.